The van der Waals surface area contributed by atoms with Gasteiger partial charge < -0.3 is 4.98 Å². The van der Waals surface area contributed by atoms with Gasteiger partial charge in [0.25, 0.3) is 5.56 Å². The Labute approximate surface area is 115 Å². The van der Waals surface area contributed by atoms with E-state index in [1.54, 1.807) is 6.07 Å². The monoisotopic (exact) mass is 292 g/mol. The molecule has 19 heavy (non-hydrogen) atoms. The van der Waals surface area contributed by atoms with Gasteiger partial charge in [-0.05, 0) is 11.4 Å². The molecule has 0 saturated heterocycles. The van der Waals surface area contributed by atoms with E-state index in [0.29, 0.717) is 21.2 Å². The lowest BCUT2D eigenvalue weighted by molar-refractivity contribution is 0.102. The van der Waals surface area contributed by atoms with Crippen LogP contribution in [0.2, 0.25) is 0 Å². The summed E-state index contributed by atoms with van der Waals surface area (Å²) in [6, 6.07) is 3.61. The number of Topliss-reactive ketones (excluding diaryl/α,β-unsaturated/α-hetero) is 1. The average molecular weight is 292 g/mol. The van der Waals surface area contributed by atoms with Crippen molar-refractivity contribution < 1.29 is 4.79 Å². The fourth-order valence-electron chi connectivity index (χ4n) is 1.53. The number of fused-ring (bicyclic) bond motifs is 1. The summed E-state index contributed by atoms with van der Waals surface area (Å²) in [5, 5.41) is 2.25. The van der Waals surface area contributed by atoms with Crippen LogP contribution < -0.4 is 5.56 Å². The number of ketones is 1. The zero-order valence-corrected chi connectivity index (χ0v) is 11.2. The van der Waals surface area contributed by atoms with Crippen LogP contribution in [0, 0.1) is 0 Å². The van der Waals surface area contributed by atoms with Crippen molar-refractivity contribution in [1.29, 1.82) is 0 Å². The van der Waals surface area contributed by atoms with Gasteiger partial charge in [-0.3, -0.25) is 14.6 Å². The molecule has 0 bridgehead atoms. The third-order valence-electron chi connectivity index (χ3n) is 2.41. The number of aromatic nitrogens is 4. The van der Waals surface area contributed by atoms with Crippen LogP contribution in [0.1, 0.15) is 9.67 Å². The zero-order chi connectivity index (χ0) is 13.2. The lowest BCUT2D eigenvalue weighted by Crippen LogP contribution is -2.10. The fraction of sp³-hybridized carbons (Fsp3) is 0.0909. The molecule has 0 saturated carbocycles. The molecule has 0 aliphatic heterocycles. The molecule has 0 aromatic carbocycles. The van der Waals surface area contributed by atoms with Crippen LogP contribution in [-0.2, 0) is 0 Å². The molecule has 6 nitrogen and oxygen atoms in total. The number of aromatic amines is 2. The number of carbonyl (C=O) groups is 1. The van der Waals surface area contributed by atoms with Crippen molar-refractivity contribution in [2.75, 3.05) is 5.75 Å². The van der Waals surface area contributed by atoms with E-state index >= 15 is 0 Å². The highest BCUT2D eigenvalue weighted by molar-refractivity contribution is 7.99. The summed E-state index contributed by atoms with van der Waals surface area (Å²) >= 11 is 2.60. The van der Waals surface area contributed by atoms with Crippen molar-refractivity contribution >= 4 is 40.0 Å². The number of carbonyl (C=O) groups excluding carboxylic acids is 1. The molecule has 3 rings (SSSR count). The van der Waals surface area contributed by atoms with Gasteiger partial charge in [-0.2, -0.15) is 0 Å². The molecule has 2 N–H and O–H groups in total. The predicted molar refractivity (Wildman–Crippen MR) is 73.9 cm³/mol. The standard InChI is InChI=1S/C11H8N4O2S2/c16-6(7-2-1-3-18-7)4-19-11-14-9-8(10(17)15-11)12-5-13-9/h1-3,5H,4H2,(H2,12,13,14,15,17). The van der Waals surface area contributed by atoms with E-state index in [4.69, 9.17) is 0 Å². The number of thioether (sulfide) groups is 1. The maximum absolute atomic E-state index is 11.8. The van der Waals surface area contributed by atoms with Gasteiger partial charge >= 0.3 is 0 Å². The third-order valence-corrected chi connectivity index (χ3v) is 4.19. The second-order valence-electron chi connectivity index (χ2n) is 3.66. The number of hydrogen-bond donors (Lipinski definition) is 2. The SMILES string of the molecule is O=C(CSc1nc2nc[nH]c2c(=O)[nH]1)c1cccs1. The first-order valence-electron chi connectivity index (χ1n) is 5.37. The topological polar surface area (TPSA) is 91.5 Å². The number of nitrogens with zero attached hydrogens (tertiary/aromatic N) is 2. The van der Waals surface area contributed by atoms with Gasteiger partial charge in [0.2, 0.25) is 0 Å². The van der Waals surface area contributed by atoms with Gasteiger partial charge in [-0.15, -0.1) is 11.3 Å². The lowest BCUT2D eigenvalue weighted by atomic mass is 10.4. The van der Waals surface area contributed by atoms with Crippen molar-refractivity contribution in [3.63, 3.8) is 0 Å². The van der Waals surface area contributed by atoms with Gasteiger partial charge in [0.1, 0.15) is 0 Å². The van der Waals surface area contributed by atoms with E-state index in [9.17, 15) is 9.59 Å². The highest BCUT2D eigenvalue weighted by atomic mass is 32.2. The van der Waals surface area contributed by atoms with Crippen LogP contribution in [0.3, 0.4) is 0 Å². The molecule has 0 spiro atoms. The molecule has 0 radical (unpaired) electrons. The normalized spacial score (nSPS) is 10.9. The summed E-state index contributed by atoms with van der Waals surface area (Å²) in [7, 11) is 0. The van der Waals surface area contributed by atoms with Gasteiger partial charge in [0.15, 0.2) is 22.1 Å². The Hall–Kier alpha value is -1.93. The maximum atomic E-state index is 11.8. The van der Waals surface area contributed by atoms with Crippen LogP contribution >= 0.6 is 23.1 Å². The van der Waals surface area contributed by atoms with E-state index in [1.165, 1.54) is 29.4 Å². The molecule has 0 fully saturated rings. The van der Waals surface area contributed by atoms with Gasteiger partial charge in [-0.25, -0.2) is 9.97 Å². The quantitative estimate of drug-likeness (QED) is 0.434. The van der Waals surface area contributed by atoms with Crippen molar-refractivity contribution in [3.05, 3.63) is 39.1 Å². The molecule has 0 atom stereocenters. The van der Waals surface area contributed by atoms with Crippen molar-refractivity contribution in [1.82, 2.24) is 19.9 Å². The van der Waals surface area contributed by atoms with Crippen LogP contribution in [0.4, 0.5) is 0 Å². The molecule has 0 unspecified atom stereocenters. The first kappa shape index (κ1) is 12.1. The zero-order valence-electron chi connectivity index (χ0n) is 9.54. The number of hydrogen-bond acceptors (Lipinski definition) is 6. The summed E-state index contributed by atoms with van der Waals surface area (Å²) in [5.41, 5.74) is 0.414. The van der Waals surface area contributed by atoms with Crippen molar-refractivity contribution in [3.8, 4) is 0 Å². The van der Waals surface area contributed by atoms with Crippen LogP contribution in [-0.4, -0.2) is 31.5 Å². The average Bonchev–Trinajstić information content (AvgIpc) is 3.06. The number of rotatable bonds is 4. The molecule has 96 valence electrons. The lowest BCUT2D eigenvalue weighted by Gasteiger charge is -1.99. The van der Waals surface area contributed by atoms with E-state index < -0.39 is 0 Å². The van der Waals surface area contributed by atoms with Crippen LogP contribution in [0.25, 0.3) is 11.2 Å². The molecule has 0 amide bonds. The fourth-order valence-corrected chi connectivity index (χ4v) is 3.03. The molecule has 3 heterocycles. The predicted octanol–water partition coefficient (Wildman–Crippen LogP) is 1.68. The molecule has 0 aliphatic rings. The van der Waals surface area contributed by atoms with Gasteiger partial charge in [0, 0.05) is 0 Å². The number of thiophene rings is 1. The first-order chi connectivity index (χ1) is 9.24. The Bertz CT molecular complexity index is 775. The second kappa shape index (κ2) is 4.98. The minimum atomic E-state index is -0.284. The van der Waals surface area contributed by atoms with Gasteiger partial charge in [-0.1, -0.05) is 17.8 Å². The Morgan fingerprint density at radius 3 is 3.16 bits per heavy atom. The minimum Gasteiger partial charge on any atom is -0.339 e. The second-order valence-corrected chi connectivity index (χ2v) is 5.57. The van der Waals surface area contributed by atoms with E-state index in [0.717, 1.165) is 0 Å². The van der Waals surface area contributed by atoms with E-state index in [1.807, 2.05) is 11.4 Å². The van der Waals surface area contributed by atoms with Crippen LogP contribution in [0.15, 0.2) is 33.8 Å². The minimum absolute atomic E-state index is 0.0183. The summed E-state index contributed by atoms with van der Waals surface area (Å²) in [5.74, 6) is 0.254. The summed E-state index contributed by atoms with van der Waals surface area (Å²) in [6.07, 6.45) is 1.41. The Morgan fingerprint density at radius 1 is 1.47 bits per heavy atom. The number of H-pyrrole nitrogens is 2. The van der Waals surface area contributed by atoms with Crippen molar-refractivity contribution in [2.45, 2.75) is 5.16 Å². The van der Waals surface area contributed by atoms with Crippen LogP contribution in [0.5, 0.6) is 0 Å². The summed E-state index contributed by atoms with van der Waals surface area (Å²) in [6.45, 7) is 0. The first-order valence-corrected chi connectivity index (χ1v) is 7.23. The molecule has 3 aromatic heterocycles. The molecule has 8 heteroatoms. The Morgan fingerprint density at radius 2 is 2.37 bits per heavy atom. The Balaban J connectivity index is 1.78. The molecule has 0 aliphatic carbocycles. The smallest absolute Gasteiger partial charge is 0.277 e. The Kier molecular flexibility index (Phi) is 3.18. The summed E-state index contributed by atoms with van der Waals surface area (Å²) in [4.78, 5) is 37.6. The van der Waals surface area contributed by atoms with Gasteiger partial charge in [0.05, 0.1) is 17.0 Å². The number of imidazole rings is 1. The summed E-state index contributed by atoms with van der Waals surface area (Å²) < 4.78 is 0. The molecule has 3 aromatic rings. The molecular formula is C11H8N4O2S2. The van der Waals surface area contributed by atoms with E-state index in [2.05, 4.69) is 19.9 Å². The highest BCUT2D eigenvalue weighted by Crippen LogP contribution is 2.17. The maximum Gasteiger partial charge on any atom is 0.277 e. The molecular weight excluding hydrogens is 284 g/mol. The van der Waals surface area contributed by atoms with E-state index in [-0.39, 0.29) is 17.1 Å². The third kappa shape index (κ3) is 2.45. The number of nitrogens with one attached hydrogen (secondary N) is 2. The largest absolute Gasteiger partial charge is 0.339 e. The van der Waals surface area contributed by atoms with Crippen molar-refractivity contribution in [2.24, 2.45) is 0 Å². The highest BCUT2D eigenvalue weighted by Gasteiger charge is 2.10.